The van der Waals surface area contributed by atoms with E-state index in [4.69, 9.17) is 10.5 Å². The fraction of sp³-hybridized carbons (Fsp3) is 0.500. The summed E-state index contributed by atoms with van der Waals surface area (Å²) >= 11 is 0. The van der Waals surface area contributed by atoms with Crippen molar-refractivity contribution in [1.82, 2.24) is 15.0 Å². The van der Waals surface area contributed by atoms with E-state index in [1.54, 1.807) is 19.4 Å². The number of methoxy groups -OCH3 is 1. The van der Waals surface area contributed by atoms with E-state index in [2.05, 4.69) is 20.3 Å². The predicted molar refractivity (Wildman–Crippen MR) is 79.8 cm³/mol. The molecule has 2 heterocycles. The first-order valence-corrected chi connectivity index (χ1v) is 6.95. The van der Waals surface area contributed by atoms with Crippen LogP contribution in [0.4, 0.5) is 11.8 Å². The highest BCUT2D eigenvalue weighted by atomic mass is 16.5. The zero-order chi connectivity index (χ0) is 14.9. The largest absolute Gasteiger partial charge is 0.394 e. The molecule has 1 aliphatic carbocycles. The lowest BCUT2D eigenvalue weighted by Gasteiger charge is -2.18. The molecule has 4 N–H and O–H groups in total. The maximum atomic E-state index is 9.73. The Bertz CT molecular complexity index is 650. The molecule has 112 valence electrons. The van der Waals surface area contributed by atoms with Crippen LogP contribution in [0.1, 0.15) is 12.8 Å². The van der Waals surface area contributed by atoms with Crippen molar-refractivity contribution in [2.75, 3.05) is 31.4 Å². The minimum absolute atomic E-state index is 0.0413. The summed E-state index contributed by atoms with van der Waals surface area (Å²) in [5.41, 5.74) is 6.74. The molecule has 0 aromatic carbocycles. The molecule has 1 aliphatic rings. The van der Waals surface area contributed by atoms with Crippen LogP contribution in [0.3, 0.4) is 0 Å². The van der Waals surface area contributed by atoms with Gasteiger partial charge in [-0.05, 0) is 30.9 Å². The number of hydrogen-bond acceptors (Lipinski definition) is 7. The van der Waals surface area contributed by atoms with Gasteiger partial charge in [0, 0.05) is 19.9 Å². The van der Waals surface area contributed by atoms with E-state index in [1.807, 2.05) is 6.07 Å². The second-order valence-electron chi connectivity index (χ2n) is 5.42. The number of fused-ring (bicyclic) bond motifs is 1. The zero-order valence-corrected chi connectivity index (χ0v) is 11.9. The van der Waals surface area contributed by atoms with Gasteiger partial charge in [-0.3, -0.25) is 4.98 Å². The zero-order valence-electron chi connectivity index (χ0n) is 11.9. The number of aliphatic hydroxyl groups excluding tert-OH is 1. The molecule has 1 fully saturated rings. The van der Waals surface area contributed by atoms with Gasteiger partial charge in [0.2, 0.25) is 5.95 Å². The van der Waals surface area contributed by atoms with Gasteiger partial charge in [-0.15, -0.1) is 0 Å². The highest BCUT2D eigenvalue weighted by Gasteiger charge is 2.53. The summed E-state index contributed by atoms with van der Waals surface area (Å²) < 4.78 is 5.10. The van der Waals surface area contributed by atoms with Crippen molar-refractivity contribution >= 4 is 22.8 Å². The van der Waals surface area contributed by atoms with Gasteiger partial charge in [0.15, 0.2) is 5.82 Å². The quantitative estimate of drug-likeness (QED) is 0.722. The van der Waals surface area contributed by atoms with Gasteiger partial charge in [0.25, 0.3) is 0 Å². The molecule has 2 aromatic rings. The van der Waals surface area contributed by atoms with Crippen molar-refractivity contribution in [1.29, 1.82) is 0 Å². The van der Waals surface area contributed by atoms with Gasteiger partial charge in [-0.1, -0.05) is 0 Å². The van der Waals surface area contributed by atoms with Gasteiger partial charge in [0.05, 0.1) is 17.7 Å². The molecule has 7 heteroatoms. The first kappa shape index (κ1) is 14.0. The summed E-state index contributed by atoms with van der Waals surface area (Å²) in [6.45, 7) is 0.721. The Morgan fingerprint density at radius 1 is 1.52 bits per heavy atom. The average molecular weight is 289 g/mol. The molecule has 0 aliphatic heterocycles. The predicted octanol–water partition coefficient (Wildman–Crippen LogP) is 0.806. The van der Waals surface area contributed by atoms with Gasteiger partial charge >= 0.3 is 0 Å². The molecular formula is C14H19N5O2. The standard InChI is InChI=1S/C14H19N5O2/c1-21-6-4-9-7-14(9,8-20)19-12-11-10(3-2-5-16-11)17-13(15)18-12/h2-3,5,9,20H,4,6-8H2,1H3,(H3,15,17,18,19)/t9-,14-/m0/s1. The van der Waals surface area contributed by atoms with Crippen LogP contribution in [-0.4, -0.2) is 45.9 Å². The first-order valence-electron chi connectivity index (χ1n) is 6.95. The maximum Gasteiger partial charge on any atom is 0.222 e. The van der Waals surface area contributed by atoms with E-state index in [9.17, 15) is 5.11 Å². The summed E-state index contributed by atoms with van der Waals surface area (Å²) in [6, 6.07) is 3.64. The Morgan fingerprint density at radius 3 is 3.14 bits per heavy atom. The molecule has 0 spiro atoms. The third-order valence-corrected chi connectivity index (χ3v) is 4.02. The summed E-state index contributed by atoms with van der Waals surface area (Å²) in [7, 11) is 1.68. The minimum atomic E-state index is -0.357. The number of nitrogens with one attached hydrogen (secondary N) is 1. The van der Waals surface area contributed by atoms with Crippen LogP contribution in [0.15, 0.2) is 18.3 Å². The summed E-state index contributed by atoms with van der Waals surface area (Å²) in [5.74, 6) is 1.13. The number of nitrogens with two attached hydrogens (primary N) is 1. The highest BCUT2D eigenvalue weighted by Crippen LogP contribution is 2.48. The van der Waals surface area contributed by atoms with E-state index >= 15 is 0 Å². The summed E-state index contributed by atoms with van der Waals surface area (Å²) in [5, 5.41) is 13.1. The van der Waals surface area contributed by atoms with Crippen LogP contribution in [0.25, 0.3) is 11.0 Å². The number of nitrogen functional groups attached to an aromatic ring is 1. The molecule has 0 saturated heterocycles. The van der Waals surface area contributed by atoms with E-state index in [1.165, 1.54) is 0 Å². The third-order valence-electron chi connectivity index (χ3n) is 4.02. The van der Waals surface area contributed by atoms with Crippen molar-refractivity contribution in [2.45, 2.75) is 18.4 Å². The fourth-order valence-corrected chi connectivity index (χ4v) is 2.71. The number of pyridine rings is 1. The molecule has 0 bridgehead atoms. The van der Waals surface area contributed by atoms with Gasteiger partial charge < -0.3 is 20.9 Å². The molecule has 2 atom stereocenters. The number of rotatable bonds is 6. The molecule has 0 unspecified atom stereocenters. The number of ether oxygens (including phenoxy) is 1. The van der Waals surface area contributed by atoms with Crippen LogP contribution in [0, 0.1) is 5.92 Å². The van der Waals surface area contributed by atoms with Crippen LogP contribution in [0.5, 0.6) is 0 Å². The number of aliphatic hydroxyl groups is 1. The van der Waals surface area contributed by atoms with Gasteiger partial charge in [-0.2, -0.15) is 4.98 Å². The molecule has 0 radical (unpaired) electrons. The minimum Gasteiger partial charge on any atom is -0.394 e. The van der Waals surface area contributed by atoms with Crippen LogP contribution in [0.2, 0.25) is 0 Å². The second kappa shape index (κ2) is 5.42. The van der Waals surface area contributed by atoms with E-state index in [0.29, 0.717) is 29.4 Å². The van der Waals surface area contributed by atoms with Crippen LogP contribution >= 0.6 is 0 Å². The normalized spacial score (nSPS) is 24.2. The van der Waals surface area contributed by atoms with Crippen LogP contribution < -0.4 is 11.1 Å². The summed E-state index contributed by atoms with van der Waals surface area (Å²) in [6.07, 6.45) is 3.47. The van der Waals surface area contributed by atoms with Crippen molar-refractivity contribution in [3.05, 3.63) is 18.3 Å². The molecule has 2 aromatic heterocycles. The lowest BCUT2D eigenvalue weighted by Crippen LogP contribution is -2.30. The van der Waals surface area contributed by atoms with E-state index in [0.717, 1.165) is 12.8 Å². The number of nitrogens with zero attached hydrogens (tertiary/aromatic N) is 3. The van der Waals surface area contributed by atoms with Gasteiger partial charge in [-0.25, -0.2) is 4.98 Å². The smallest absolute Gasteiger partial charge is 0.222 e. The Kier molecular flexibility index (Phi) is 3.60. The lowest BCUT2D eigenvalue weighted by molar-refractivity contribution is 0.182. The van der Waals surface area contributed by atoms with Crippen molar-refractivity contribution in [3.8, 4) is 0 Å². The van der Waals surface area contributed by atoms with Crippen molar-refractivity contribution in [2.24, 2.45) is 5.92 Å². The van der Waals surface area contributed by atoms with Crippen LogP contribution in [-0.2, 0) is 4.74 Å². The molecule has 1 saturated carbocycles. The second-order valence-corrected chi connectivity index (χ2v) is 5.42. The topological polar surface area (TPSA) is 106 Å². The molecule has 0 amide bonds. The molecule has 3 rings (SSSR count). The SMILES string of the molecule is COCC[C@H]1C[C@@]1(CO)Nc1nc(N)nc2cccnc12. The Balaban J connectivity index is 1.88. The van der Waals surface area contributed by atoms with Crippen molar-refractivity contribution < 1.29 is 9.84 Å². The molecule has 21 heavy (non-hydrogen) atoms. The van der Waals surface area contributed by atoms with Crippen molar-refractivity contribution in [3.63, 3.8) is 0 Å². The highest BCUT2D eigenvalue weighted by molar-refractivity contribution is 5.86. The Morgan fingerprint density at radius 2 is 2.38 bits per heavy atom. The van der Waals surface area contributed by atoms with E-state index in [-0.39, 0.29) is 18.1 Å². The molecular weight excluding hydrogens is 270 g/mol. The number of aromatic nitrogens is 3. The maximum absolute atomic E-state index is 9.73. The Hall–Kier alpha value is -1.99. The third kappa shape index (κ3) is 2.62. The number of anilines is 2. The monoisotopic (exact) mass is 289 g/mol. The lowest BCUT2D eigenvalue weighted by atomic mass is 10.1. The fourth-order valence-electron chi connectivity index (χ4n) is 2.71. The van der Waals surface area contributed by atoms with Gasteiger partial charge in [0.1, 0.15) is 5.52 Å². The summed E-state index contributed by atoms with van der Waals surface area (Å²) in [4.78, 5) is 12.7. The first-order chi connectivity index (χ1) is 10.2. The average Bonchev–Trinajstić information content (AvgIpc) is 3.18. The van der Waals surface area contributed by atoms with E-state index < -0.39 is 0 Å². The Labute approximate surface area is 122 Å². The molecule has 7 nitrogen and oxygen atoms in total. The number of hydrogen-bond donors (Lipinski definition) is 3.